The summed E-state index contributed by atoms with van der Waals surface area (Å²) in [5, 5.41) is 11.0. The number of para-hydroxylation sites is 1. The van der Waals surface area contributed by atoms with Crippen LogP contribution in [0.15, 0.2) is 35.7 Å². The predicted octanol–water partition coefficient (Wildman–Crippen LogP) is 1.78. The van der Waals surface area contributed by atoms with Crippen molar-refractivity contribution in [2.75, 3.05) is 17.2 Å². The molecule has 0 radical (unpaired) electrons. The number of benzene rings is 1. The standard InChI is InChI=1S/C14H15N3O3S/c15-14-16-10(9-21-14)8-12(18)17(7-6-13(19)20)11-4-2-1-3-5-11/h1-5,9H,6-8H2,(H2,15,16)(H,19,20). The van der Waals surface area contributed by atoms with Crippen molar-refractivity contribution in [3.63, 3.8) is 0 Å². The van der Waals surface area contributed by atoms with E-state index in [2.05, 4.69) is 4.98 Å². The number of nitrogens with two attached hydrogens (primary N) is 1. The molecular weight excluding hydrogens is 290 g/mol. The molecule has 0 fully saturated rings. The molecule has 6 nitrogen and oxygen atoms in total. The molecule has 3 N–H and O–H groups in total. The molecule has 0 aliphatic heterocycles. The third-order valence-electron chi connectivity index (χ3n) is 2.82. The average molecular weight is 305 g/mol. The van der Waals surface area contributed by atoms with E-state index in [9.17, 15) is 9.59 Å². The van der Waals surface area contributed by atoms with E-state index in [4.69, 9.17) is 10.8 Å². The highest BCUT2D eigenvalue weighted by molar-refractivity contribution is 7.13. The van der Waals surface area contributed by atoms with Gasteiger partial charge in [0.1, 0.15) is 0 Å². The fraction of sp³-hybridized carbons (Fsp3) is 0.214. The number of carbonyl (C=O) groups is 2. The highest BCUT2D eigenvalue weighted by Crippen LogP contribution is 2.17. The summed E-state index contributed by atoms with van der Waals surface area (Å²) in [6, 6.07) is 8.99. The van der Waals surface area contributed by atoms with Crippen molar-refractivity contribution < 1.29 is 14.7 Å². The second-order valence-corrected chi connectivity index (χ2v) is 5.27. The van der Waals surface area contributed by atoms with E-state index in [1.54, 1.807) is 29.6 Å². The van der Waals surface area contributed by atoms with E-state index in [-0.39, 0.29) is 25.3 Å². The van der Waals surface area contributed by atoms with Gasteiger partial charge in [-0.3, -0.25) is 9.59 Å². The van der Waals surface area contributed by atoms with Crippen LogP contribution in [0.25, 0.3) is 0 Å². The third kappa shape index (κ3) is 4.28. The van der Waals surface area contributed by atoms with Crippen LogP contribution in [0.2, 0.25) is 0 Å². The number of aliphatic carboxylic acids is 1. The van der Waals surface area contributed by atoms with Crippen LogP contribution < -0.4 is 10.6 Å². The number of rotatable bonds is 6. The lowest BCUT2D eigenvalue weighted by atomic mass is 10.2. The van der Waals surface area contributed by atoms with Gasteiger partial charge in [-0.15, -0.1) is 11.3 Å². The van der Waals surface area contributed by atoms with E-state index < -0.39 is 5.97 Å². The molecule has 0 saturated heterocycles. The van der Waals surface area contributed by atoms with E-state index in [0.717, 1.165) is 0 Å². The average Bonchev–Trinajstić information content (AvgIpc) is 2.85. The molecule has 1 amide bonds. The van der Waals surface area contributed by atoms with Crippen molar-refractivity contribution in [1.29, 1.82) is 0 Å². The molecule has 0 spiro atoms. The topological polar surface area (TPSA) is 96.5 Å². The maximum Gasteiger partial charge on any atom is 0.305 e. The van der Waals surface area contributed by atoms with Crippen molar-refractivity contribution in [3.05, 3.63) is 41.4 Å². The largest absolute Gasteiger partial charge is 0.481 e. The number of hydrogen-bond acceptors (Lipinski definition) is 5. The summed E-state index contributed by atoms with van der Waals surface area (Å²) in [5.74, 6) is -1.14. The van der Waals surface area contributed by atoms with Gasteiger partial charge in [-0.05, 0) is 12.1 Å². The molecule has 0 aliphatic rings. The first-order valence-corrected chi connectivity index (χ1v) is 7.21. The Kier molecular flexibility index (Phi) is 4.89. The maximum absolute atomic E-state index is 12.4. The smallest absolute Gasteiger partial charge is 0.305 e. The summed E-state index contributed by atoms with van der Waals surface area (Å²) in [7, 11) is 0. The Balaban J connectivity index is 2.14. The number of aromatic nitrogens is 1. The first-order valence-electron chi connectivity index (χ1n) is 6.33. The van der Waals surface area contributed by atoms with Gasteiger partial charge in [0, 0.05) is 17.6 Å². The SMILES string of the molecule is Nc1nc(CC(=O)N(CCC(=O)O)c2ccccc2)cs1. The number of nitrogens with zero attached hydrogens (tertiary/aromatic N) is 2. The number of amides is 1. The van der Waals surface area contributed by atoms with Crippen LogP contribution in [0.3, 0.4) is 0 Å². The van der Waals surface area contributed by atoms with Gasteiger partial charge in [0.05, 0.1) is 18.5 Å². The second kappa shape index (κ2) is 6.85. The summed E-state index contributed by atoms with van der Waals surface area (Å²) in [6.07, 6.45) is -0.0119. The lowest BCUT2D eigenvalue weighted by Gasteiger charge is -2.21. The molecule has 2 aromatic rings. The van der Waals surface area contributed by atoms with Crippen LogP contribution in [0.5, 0.6) is 0 Å². The molecule has 0 aliphatic carbocycles. The molecule has 0 bridgehead atoms. The van der Waals surface area contributed by atoms with E-state index in [0.29, 0.717) is 16.5 Å². The van der Waals surface area contributed by atoms with Crippen molar-refractivity contribution in [1.82, 2.24) is 4.98 Å². The number of hydrogen-bond donors (Lipinski definition) is 2. The zero-order chi connectivity index (χ0) is 15.2. The predicted molar refractivity (Wildman–Crippen MR) is 81.3 cm³/mol. The Hall–Kier alpha value is -2.41. The molecule has 1 aromatic carbocycles. The Bertz CT molecular complexity index is 627. The lowest BCUT2D eigenvalue weighted by Crippen LogP contribution is -2.34. The molecule has 1 heterocycles. The molecule has 110 valence electrons. The van der Waals surface area contributed by atoms with Gasteiger partial charge in [0.2, 0.25) is 5.91 Å². The monoisotopic (exact) mass is 305 g/mol. The Morgan fingerprint density at radius 1 is 1.29 bits per heavy atom. The third-order valence-corrected chi connectivity index (χ3v) is 3.54. The van der Waals surface area contributed by atoms with Gasteiger partial charge in [0.25, 0.3) is 0 Å². The summed E-state index contributed by atoms with van der Waals surface area (Å²) in [5.41, 5.74) is 6.81. The molecule has 1 aromatic heterocycles. The number of carbonyl (C=O) groups excluding carboxylic acids is 1. The van der Waals surface area contributed by atoms with Crippen LogP contribution in [-0.4, -0.2) is 28.5 Å². The fourth-order valence-electron chi connectivity index (χ4n) is 1.87. The van der Waals surface area contributed by atoms with Crippen LogP contribution >= 0.6 is 11.3 Å². The fourth-order valence-corrected chi connectivity index (χ4v) is 2.43. The van der Waals surface area contributed by atoms with Crippen molar-refractivity contribution >= 4 is 34.0 Å². The molecular formula is C14H15N3O3S. The summed E-state index contributed by atoms with van der Waals surface area (Å²) < 4.78 is 0. The highest BCUT2D eigenvalue weighted by Gasteiger charge is 2.18. The molecule has 7 heteroatoms. The van der Waals surface area contributed by atoms with Gasteiger partial charge >= 0.3 is 5.97 Å². The minimum Gasteiger partial charge on any atom is -0.481 e. The van der Waals surface area contributed by atoms with Crippen molar-refractivity contribution in [2.24, 2.45) is 0 Å². The van der Waals surface area contributed by atoms with Crippen molar-refractivity contribution in [3.8, 4) is 0 Å². The molecule has 2 rings (SSSR count). The van der Waals surface area contributed by atoms with Crippen LogP contribution in [-0.2, 0) is 16.0 Å². The zero-order valence-electron chi connectivity index (χ0n) is 11.2. The quantitative estimate of drug-likeness (QED) is 0.848. The lowest BCUT2D eigenvalue weighted by molar-refractivity contribution is -0.136. The first kappa shape index (κ1) is 15.0. The number of nitrogen functional groups attached to an aromatic ring is 1. The number of anilines is 2. The van der Waals surface area contributed by atoms with Crippen LogP contribution in [0.4, 0.5) is 10.8 Å². The van der Waals surface area contributed by atoms with Crippen molar-refractivity contribution in [2.45, 2.75) is 12.8 Å². The minimum atomic E-state index is -0.943. The number of thiazole rings is 1. The van der Waals surface area contributed by atoms with E-state index in [1.807, 2.05) is 6.07 Å². The van der Waals surface area contributed by atoms with Gasteiger partial charge in [0.15, 0.2) is 5.13 Å². The summed E-state index contributed by atoms with van der Waals surface area (Å²) >= 11 is 1.27. The first-order chi connectivity index (χ1) is 10.1. The second-order valence-electron chi connectivity index (χ2n) is 4.38. The normalized spacial score (nSPS) is 10.3. The zero-order valence-corrected chi connectivity index (χ0v) is 12.0. The summed E-state index contributed by atoms with van der Waals surface area (Å²) in [4.78, 5) is 28.7. The molecule has 0 atom stereocenters. The van der Waals surface area contributed by atoms with Gasteiger partial charge in [-0.1, -0.05) is 18.2 Å². The van der Waals surface area contributed by atoms with Crippen LogP contribution in [0.1, 0.15) is 12.1 Å². The molecule has 21 heavy (non-hydrogen) atoms. The van der Waals surface area contributed by atoms with Crippen LogP contribution in [0, 0.1) is 0 Å². The minimum absolute atomic E-state index is 0.0994. The van der Waals surface area contributed by atoms with E-state index in [1.165, 1.54) is 16.2 Å². The maximum atomic E-state index is 12.4. The molecule has 0 unspecified atom stereocenters. The van der Waals surface area contributed by atoms with Gasteiger partial charge < -0.3 is 15.7 Å². The Morgan fingerprint density at radius 3 is 2.57 bits per heavy atom. The Labute approximate surface area is 125 Å². The molecule has 0 saturated carbocycles. The van der Waals surface area contributed by atoms with Gasteiger partial charge in [-0.25, -0.2) is 4.98 Å². The van der Waals surface area contributed by atoms with E-state index >= 15 is 0 Å². The Morgan fingerprint density at radius 2 is 2.00 bits per heavy atom. The number of carboxylic acid groups (broad SMARTS) is 1. The number of carboxylic acids is 1. The summed E-state index contributed by atoms with van der Waals surface area (Å²) in [6.45, 7) is 0.123. The van der Waals surface area contributed by atoms with Gasteiger partial charge in [-0.2, -0.15) is 0 Å². The highest BCUT2D eigenvalue weighted by atomic mass is 32.1.